The third-order valence-corrected chi connectivity index (χ3v) is 1.43. The van der Waals surface area contributed by atoms with Crippen molar-refractivity contribution in [3.8, 4) is 5.88 Å². The van der Waals surface area contributed by atoms with Crippen LogP contribution in [0.15, 0.2) is 12.4 Å². The average Bonchev–Trinajstić information content (AvgIpc) is 2.00. The van der Waals surface area contributed by atoms with Crippen LogP contribution in [-0.2, 0) is 0 Å². The summed E-state index contributed by atoms with van der Waals surface area (Å²) in [4.78, 5) is 8.00. The summed E-state index contributed by atoms with van der Waals surface area (Å²) < 4.78 is 5.50. The van der Waals surface area contributed by atoms with E-state index in [0.29, 0.717) is 12.5 Å². The molecular formula is C10H16N2O. The highest BCUT2D eigenvalue weighted by atomic mass is 16.5. The molecule has 0 saturated heterocycles. The highest BCUT2D eigenvalue weighted by molar-refractivity contribution is 5.11. The Hall–Kier alpha value is -1.12. The minimum Gasteiger partial charge on any atom is -0.477 e. The lowest BCUT2D eigenvalue weighted by Gasteiger charge is -2.18. The summed E-state index contributed by atoms with van der Waals surface area (Å²) in [6.07, 6.45) is 1.52. The van der Waals surface area contributed by atoms with Crippen LogP contribution in [0.2, 0.25) is 0 Å². The second kappa shape index (κ2) is 3.73. The van der Waals surface area contributed by atoms with Crippen molar-refractivity contribution < 1.29 is 4.74 Å². The van der Waals surface area contributed by atoms with E-state index in [9.17, 15) is 0 Å². The highest BCUT2D eigenvalue weighted by Crippen LogP contribution is 2.15. The maximum absolute atomic E-state index is 5.50. The van der Waals surface area contributed by atoms with Gasteiger partial charge in [0.15, 0.2) is 0 Å². The molecule has 0 aliphatic carbocycles. The Morgan fingerprint density at radius 2 is 2.00 bits per heavy atom. The van der Waals surface area contributed by atoms with Gasteiger partial charge in [-0.25, -0.2) is 9.97 Å². The van der Waals surface area contributed by atoms with E-state index in [2.05, 4.69) is 30.7 Å². The maximum Gasteiger partial charge on any atom is 0.216 e. The lowest BCUT2D eigenvalue weighted by atomic mass is 9.99. The lowest BCUT2D eigenvalue weighted by molar-refractivity contribution is 0.191. The van der Waals surface area contributed by atoms with Crippen molar-refractivity contribution >= 4 is 0 Å². The fourth-order valence-electron chi connectivity index (χ4n) is 0.799. The Morgan fingerprint density at radius 1 is 1.31 bits per heavy atom. The molecule has 0 fully saturated rings. The van der Waals surface area contributed by atoms with Crippen molar-refractivity contribution in [3.63, 3.8) is 0 Å². The molecule has 0 N–H and O–H groups in total. The van der Waals surface area contributed by atoms with E-state index in [1.807, 2.05) is 13.0 Å². The molecule has 3 heteroatoms. The van der Waals surface area contributed by atoms with E-state index in [1.165, 1.54) is 6.33 Å². The zero-order valence-electron chi connectivity index (χ0n) is 8.66. The van der Waals surface area contributed by atoms with E-state index in [4.69, 9.17) is 4.74 Å². The van der Waals surface area contributed by atoms with Crippen LogP contribution in [0.4, 0.5) is 0 Å². The quantitative estimate of drug-likeness (QED) is 0.700. The Bertz CT molecular complexity index is 278. The maximum atomic E-state index is 5.50. The molecule has 3 nitrogen and oxygen atoms in total. The summed E-state index contributed by atoms with van der Waals surface area (Å²) in [5.74, 6) is 0.655. The van der Waals surface area contributed by atoms with Crippen LogP contribution in [0.3, 0.4) is 0 Å². The van der Waals surface area contributed by atoms with Crippen molar-refractivity contribution in [2.75, 3.05) is 6.61 Å². The van der Waals surface area contributed by atoms with Crippen molar-refractivity contribution in [1.29, 1.82) is 0 Å². The Morgan fingerprint density at radius 3 is 2.54 bits per heavy atom. The predicted molar refractivity (Wildman–Crippen MR) is 51.7 cm³/mol. The van der Waals surface area contributed by atoms with Gasteiger partial charge in [-0.05, 0) is 12.3 Å². The van der Waals surface area contributed by atoms with Gasteiger partial charge in [0.2, 0.25) is 5.88 Å². The summed E-state index contributed by atoms with van der Waals surface area (Å²) >= 11 is 0. The average molecular weight is 180 g/mol. The van der Waals surface area contributed by atoms with Gasteiger partial charge in [-0.2, -0.15) is 0 Å². The van der Waals surface area contributed by atoms with Crippen LogP contribution < -0.4 is 4.74 Å². The zero-order chi connectivity index (χ0) is 9.90. The first-order valence-electron chi connectivity index (χ1n) is 4.39. The van der Waals surface area contributed by atoms with Gasteiger partial charge >= 0.3 is 0 Å². The van der Waals surface area contributed by atoms with Crippen LogP contribution in [0, 0.1) is 12.3 Å². The molecule has 0 saturated carbocycles. The van der Waals surface area contributed by atoms with E-state index in [-0.39, 0.29) is 5.41 Å². The first kappa shape index (κ1) is 9.96. The topological polar surface area (TPSA) is 35.0 Å². The Kier molecular flexibility index (Phi) is 2.86. The standard InChI is InChI=1S/C10H16N2O/c1-8-5-9(12-7-11-8)13-6-10(2,3)4/h5,7H,6H2,1-4H3. The van der Waals surface area contributed by atoms with E-state index < -0.39 is 0 Å². The van der Waals surface area contributed by atoms with Gasteiger partial charge in [-0.1, -0.05) is 20.8 Å². The van der Waals surface area contributed by atoms with Gasteiger partial charge in [0.25, 0.3) is 0 Å². The SMILES string of the molecule is Cc1cc(OCC(C)(C)C)ncn1. The van der Waals surface area contributed by atoms with Gasteiger partial charge in [-0.15, -0.1) is 0 Å². The molecule has 1 rings (SSSR count). The fraction of sp³-hybridized carbons (Fsp3) is 0.600. The summed E-state index contributed by atoms with van der Waals surface area (Å²) in [5.41, 5.74) is 1.10. The third kappa shape index (κ3) is 3.87. The molecule has 72 valence electrons. The molecule has 1 aromatic heterocycles. The third-order valence-electron chi connectivity index (χ3n) is 1.43. The summed E-state index contributed by atoms with van der Waals surface area (Å²) in [6.45, 7) is 8.97. The monoisotopic (exact) mass is 180 g/mol. The number of aryl methyl sites for hydroxylation is 1. The second-order valence-electron chi connectivity index (χ2n) is 4.35. The molecule has 0 aliphatic heterocycles. The molecule has 0 spiro atoms. The molecule has 1 aromatic rings. The lowest BCUT2D eigenvalue weighted by Crippen LogP contribution is -2.17. The van der Waals surface area contributed by atoms with Gasteiger partial charge in [0.05, 0.1) is 6.61 Å². The molecule has 1 heterocycles. The van der Waals surface area contributed by atoms with E-state index in [1.54, 1.807) is 0 Å². The molecule has 0 unspecified atom stereocenters. The first-order valence-corrected chi connectivity index (χ1v) is 4.39. The molecule has 0 radical (unpaired) electrons. The fourth-order valence-corrected chi connectivity index (χ4v) is 0.799. The number of aromatic nitrogens is 2. The Labute approximate surface area is 79.2 Å². The van der Waals surface area contributed by atoms with Crippen molar-refractivity contribution in [3.05, 3.63) is 18.1 Å². The van der Waals surface area contributed by atoms with Crippen LogP contribution in [-0.4, -0.2) is 16.6 Å². The molecule has 13 heavy (non-hydrogen) atoms. The highest BCUT2D eigenvalue weighted by Gasteiger charge is 2.11. The van der Waals surface area contributed by atoms with Crippen molar-refractivity contribution in [1.82, 2.24) is 9.97 Å². The van der Waals surface area contributed by atoms with Gasteiger partial charge in [0.1, 0.15) is 6.33 Å². The van der Waals surface area contributed by atoms with Gasteiger partial charge in [0, 0.05) is 11.8 Å². The number of hydrogen-bond acceptors (Lipinski definition) is 3. The van der Waals surface area contributed by atoms with Crippen molar-refractivity contribution in [2.24, 2.45) is 5.41 Å². The molecule has 0 aliphatic rings. The number of ether oxygens (including phenoxy) is 1. The number of nitrogens with zero attached hydrogens (tertiary/aromatic N) is 2. The molecular weight excluding hydrogens is 164 g/mol. The number of rotatable bonds is 2. The van der Waals surface area contributed by atoms with Crippen molar-refractivity contribution in [2.45, 2.75) is 27.7 Å². The molecule has 0 bridgehead atoms. The van der Waals surface area contributed by atoms with Gasteiger partial charge < -0.3 is 4.74 Å². The predicted octanol–water partition coefficient (Wildman–Crippen LogP) is 2.21. The number of hydrogen-bond donors (Lipinski definition) is 0. The summed E-state index contributed by atoms with van der Waals surface area (Å²) in [5, 5.41) is 0. The van der Waals surface area contributed by atoms with E-state index in [0.717, 1.165) is 5.69 Å². The first-order chi connectivity index (χ1) is 5.97. The van der Waals surface area contributed by atoms with Crippen LogP contribution in [0.25, 0.3) is 0 Å². The summed E-state index contributed by atoms with van der Waals surface area (Å²) in [6, 6.07) is 1.84. The smallest absolute Gasteiger partial charge is 0.216 e. The van der Waals surface area contributed by atoms with Crippen LogP contribution >= 0.6 is 0 Å². The zero-order valence-corrected chi connectivity index (χ0v) is 8.66. The van der Waals surface area contributed by atoms with Gasteiger partial charge in [-0.3, -0.25) is 0 Å². The Balaban J connectivity index is 2.55. The summed E-state index contributed by atoms with van der Waals surface area (Å²) in [7, 11) is 0. The molecule has 0 amide bonds. The van der Waals surface area contributed by atoms with E-state index >= 15 is 0 Å². The molecule has 0 atom stereocenters. The van der Waals surface area contributed by atoms with Crippen LogP contribution in [0.1, 0.15) is 26.5 Å². The largest absolute Gasteiger partial charge is 0.477 e. The second-order valence-corrected chi connectivity index (χ2v) is 4.35. The minimum absolute atomic E-state index is 0.166. The normalized spacial score (nSPS) is 11.4. The minimum atomic E-state index is 0.166. The molecule has 0 aromatic carbocycles. The van der Waals surface area contributed by atoms with Crippen LogP contribution in [0.5, 0.6) is 5.88 Å².